The van der Waals surface area contributed by atoms with Gasteiger partial charge in [0, 0.05) is 15.8 Å². The van der Waals surface area contributed by atoms with Gasteiger partial charge in [0.05, 0.1) is 6.20 Å². The molecule has 0 radical (unpaired) electrons. The van der Waals surface area contributed by atoms with E-state index in [0.717, 1.165) is 15.7 Å². The van der Waals surface area contributed by atoms with Crippen molar-refractivity contribution >= 4 is 39.1 Å². The SMILES string of the molecule is Cc1cc(Br)ccc1Nc1cnnc(Nc2cccc(F)c2)n1. The summed E-state index contributed by atoms with van der Waals surface area (Å²) >= 11 is 3.43. The number of hydrogen-bond donors (Lipinski definition) is 2. The van der Waals surface area contributed by atoms with Crippen LogP contribution < -0.4 is 10.6 Å². The molecule has 7 heteroatoms. The first kappa shape index (κ1) is 15.4. The van der Waals surface area contributed by atoms with Crippen molar-refractivity contribution in [1.82, 2.24) is 15.2 Å². The van der Waals surface area contributed by atoms with E-state index < -0.39 is 0 Å². The summed E-state index contributed by atoms with van der Waals surface area (Å²) in [5.41, 5.74) is 2.55. The highest BCUT2D eigenvalue weighted by Gasteiger charge is 2.04. The number of aryl methyl sites for hydroxylation is 1. The van der Waals surface area contributed by atoms with Gasteiger partial charge in [-0.1, -0.05) is 22.0 Å². The molecule has 1 aromatic heterocycles. The molecule has 3 aromatic rings. The zero-order valence-electron chi connectivity index (χ0n) is 12.2. The Morgan fingerprint density at radius 1 is 1.09 bits per heavy atom. The molecule has 0 spiro atoms. The molecule has 5 nitrogen and oxygen atoms in total. The van der Waals surface area contributed by atoms with Gasteiger partial charge in [-0.2, -0.15) is 10.1 Å². The molecule has 0 atom stereocenters. The second-order valence-corrected chi connectivity index (χ2v) is 5.80. The molecule has 116 valence electrons. The van der Waals surface area contributed by atoms with E-state index in [2.05, 4.69) is 41.7 Å². The van der Waals surface area contributed by atoms with Gasteiger partial charge in [-0.25, -0.2) is 4.39 Å². The second kappa shape index (κ2) is 6.70. The van der Waals surface area contributed by atoms with Crippen molar-refractivity contribution in [2.75, 3.05) is 10.6 Å². The van der Waals surface area contributed by atoms with Gasteiger partial charge >= 0.3 is 0 Å². The molecule has 23 heavy (non-hydrogen) atoms. The lowest BCUT2D eigenvalue weighted by atomic mass is 10.2. The van der Waals surface area contributed by atoms with Crippen LogP contribution in [0.1, 0.15) is 5.56 Å². The van der Waals surface area contributed by atoms with Crippen LogP contribution in [-0.2, 0) is 0 Å². The number of nitrogens with one attached hydrogen (secondary N) is 2. The van der Waals surface area contributed by atoms with Gasteiger partial charge in [0.25, 0.3) is 0 Å². The Morgan fingerprint density at radius 2 is 1.96 bits per heavy atom. The first-order valence-electron chi connectivity index (χ1n) is 6.86. The lowest BCUT2D eigenvalue weighted by molar-refractivity contribution is 0.628. The average Bonchev–Trinajstić information content (AvgIpc) is 2.51. The van der Waals surface area contributed by atoms with E-state index in [4.69, 9.17) is 0 Å². The molecule has 0 saturated carbocycles. The lowest BCUT2D eigenvalue weighted by Crippen LogP contribution is -2.03. The van der Waals surface area contributed by atoms with Crippen molar-refractivity contribution in [2.45, 2.75) is 6.92 Å². The molecule has 0 fully saturated rings. The number of aromatic nitrogens is 3. The highest BCUT2D eigenvalue weighted by molar-refractivity contribution is 9.10. The average molecular weight is 374 g/mol. The van der Waals surface area contributed by atoms with Crippen molar-refractivity contribution in [3.8, 4) is 0 Å². The lowest BCUT2D eigenvalue weighted by Gasteiger charge is -2.10. The summed E-state index contributed by atoms with van der Waals surface area (Å²) < 4.78 is 14.2. The quantitative estimate of drug-likeness (QED) is 0.701. The number of nitrogens with zero attached hydrogens (tertiary/aromatic N) is 3. The van der Waals surface area contributed by atoms with Gasteiger partial charge in [0.2, 0.25) is 5.95 Å². The van der Waals surface area contributed by atoms with Gasteiger partial charge in [0.1, 0.15) is 5.82 Å². The molecule has 0 amide bonds. The summed E-state index contributed by atoms with van der Waals surface area (Å²) in [5, 5.41) is 13.9. The van der Waals surface area contributed by atoms with Gasteiger partial charge in [-0.15, -0.1) is 5.10 Å². The van der Waals surface area contributed by atoms with Crippen LogP contribution in [0.15, 0.2) is 53.1 Å². The summed E-state index contributed by atoms with van der Waals surface area (Å²) in [6.07, 6.45) is 1.53. The van der Waals surface area contributed by atoms with Crippen LogP contribution in [0.2, 0.25) is 0 Å². The van der Waals surface area contributed by atoms with Crippen LogP contribution in [0.4, 0.5) is 27.5 Å². The Balaban J connectivity index is 1.79. The van der Waals surface area contributed by atoms with Crippen molar-refractivity contribution in [2.24, 2.45) is 0 Å². The zero-order valence-corrected chi connectivity index (χ0v) is 13.8. The molecule has 2 N–H and O–H groups in total. The molecule has 0 aliphatic carbocycles. The number of halogens is 2. The minimum Gasteiger partial charge on any atom is -0.339 e. The molecular formula is C16H13BrFN5. The first-order valence-corrected chi connectivity index (χ1v) is 7.65. The van der Waals surface area contributed by atoms with E-state index in [1.165, 1.54) is 18.3 Å². The molecule has 0 aliphatic heterocycles. The molecule has 3 rings (SSSR count). The van der Waals surface area contributed by atoms with E-state index in [1.54, 1.807) is 12.1 Å². The maximum atomic E-state index is 13.2. The highest BCUT2D eigenvalue weighted by atomic mass is 79.9. The minimum atomic E-state index is -0.331. The normalized spacial score (nSPS) is 10.4. The molecular weight excluding hydrogens is 361 g/mol. The monoisotopic (exact) mass is 373 g/mol. The number of anilines is 4. The Morgan fingerprint density at radius 3 is 2.74 bits per heavy atom. The van der Waals surface area contributed by atoms with Gasteiger partial charge < -0.3 is 10.6 Å². The van der Waals surface area contributed by atoms with E-state index in [-0.39, 0.29) is 11.8 Å². The van der Waals surface area contributed by atoms with Crippen LogP contribution >= 0.6 is 15.9 Å². The third-order valence-electron chi connectivity index (χ3n) is 3.09. The van der Waals surface area contributed by atoms with Crippen molar-refractivity contribution < 1.29 is 4.39 Å². The fourth-order valence-corrected chi connectivity index (χ4v) is 2.49. The summed E-state index contributed by atoms with van der Waals surface area (Å²) in [6.45, 7) is 1.99. The number of hydrogen-bond acceptors (Lipinski definition) is 5. The van der Waals surface area contributed by atoms with Crippen LogP contribution in [0.5, 0.6) is 0 Å². The minimum absolute atomic E-state index is 0.287. The fourth-order valence-electron chi connectivity index (χ4n) is 2.02. The van der Waals surface area contributed by atoms with E-state index in [1.807, 2.05) is 25.1 Å². The number of benzene rings is 2. The topological polar surface area (TPSA) is 62.7 Å². The van der Waals surface area contributed by atoms with Crippen LogP contribution in [-0.4, -0.2) is 15.2 Å². The second-order valence-electron chi connectivity index (χ2n) is 4.88. The Labute approximate surface area is 141 Å². The van der Waals surface area contributed by atoms with Gasteiger partial charge in [-0.3, -0.25) is 0 Å². The molecule has 0 unspecified atom stereocenters. The standard InChI is InChI=1S/C16H13BrFN5/c1-10-7-11(17)5-6-14(10)21-15-9-19-23-16(22-15)20-13-4-2-3-12(18)8-13/h2-9H,1H3,(H2,20,21,22,23). The predicted octanol–water partition coefficient (Wildman–Crippen LogP) is 4.57. The summed E-state index contributed by atoms with van der Waals surface area (Å²) in [6, 6.07) is 12.0. The fraction of sp³-hybridized carbons (Fsp3) is 0.0625. The summed E-state index contributed by atoms with van der Waals surface area (Å²) in [7, 11) is 0. The summed E-state index contributed by atoms with van der Waals surface area (Å²) in [5.74, 6) is 0.502. The van der Waals surface area contributed by atoms with Crippen LogP contribution in [0, 0.1) is 12.7 Å². The third-order valence-corrected chi connectivity index (χ3v) is 3.58. The maximum Gasteiger partial charge on any atom is 0.249 e. The van der Waals surface area contributed by atoms with Crippen molar-refractivity contribution in [3.63, 3.8) is 0 Å². The van der Waals surface area contributed by atoms with Crippen molar-refractivity contribution in [3.05, 3.63) is 64.5 Å². The van der Waals surface area contributed by atoms with E-state index >= 15 is 0 Å². The molecule has 1 heterocycles. The van der Waals surface area contributed by atoms with Gasteiger partial charge in [0.15, 0.2) is 5.82 Å². The molecule has 0 saturated heterocycles. The largest absolute Gasteiger partial charge is 0.339 e. The Bertz CT molecular complexity index is 840. The predicted molar refractivity (Wildman–Crippen MR) is 91.7 cm³/mol. The van der Waals surface area contributed by atoms with Crippen LogP contribution in [0.3, 0.4) is 0 Å². The maximum absolute atomic E-state index is 13.2. The third kappa shape index (κ3) is 4.01. The van der Waals surface area contributed by atoms with E-state index in [9.17, 15) is 4.39 Å². The Hall–Kier alpha value is -2.54. The summed E-state index contributed by atoms with van der Waals surface area (Å²) in [4.78, 5) is 4.33. The molecule has 2 aromatic carbocycles. The Kier molecular flexibility index (Phi) is 4.47. The van der Waals surface area contributed by atoms with E-state index in [0.29, 0.717) is 11.5 Å². The molecule has 0 bridgehead atoms. The molecule has 0 aliphatic rings. The van der Waals surface area contributed by atoms with Crippen molar-refractivity contribution in [1.29, 1.82) is 0 Å². The number of rotatable bonds is 4. The smallest absolute Gasteiger partial charge is 0.249 e. The zero-order chi connectivity index (χ0) is 16.2. The highest BCUT2D eigenvalue weighted by Crippen LogP contribution is 2.23. The first-order chi connectivity index (χ1) is 11.1. The van der Waals surface area contributed by atoms with Crippen LogP contribution in [0.25, 0.3) is 0 Å². The van der Waals surface area contributed by atoms with Gasteiger partial charge in [-0.05, 0) is 48.9 Å².